The first-order valence-electron chi connectivity index (χ1n) is 8.23. The monoisotopic (exact) mass is 314 g/mol. The zero-order valence-corrected chi connectivity index (χ0v) is 14.3. The van der Waals surface area contributed by atoms with E-state index in [1.165, 1.54) is 6.42 Å². The summed E-state index contributed by atoms with van der Waals surface area (Å²) in [7, 11) is 0. The van der Waals surface area contributed by atoms with Crippen LogP contribution in [0.5, 0.6) is 0 Å². The number of amides is 2. The highest BCUT2D eigenvalue weighted by Gasteiger charge is 2.26. The van der Waals surface area contributed by atoms with Crippen LogP contribution < -0.4 is 5.32 Å². The number of carbonyl (C=O) groups excluding carboxylic acids is 2. The van der Waals surface area contributed by atoms with Gasteiger partial charge in [0, 0.05) is 19.1 Å². The lowest BCUT2D eigenvalue weighted by atomic mass is 9.94. The Bertz CT molecular complexity index is 360. The van der Waals surface area contributed by atoms with Gasteiger partial charge < -0.3 is 19.7 Å². The lowest BCUT2D eigenvalue weighted by molar-refractivity contribution is 0.0502. The van der Waals surface area contributed by atoms with E-state index in [0.717, 1.165) is 25.7 Å². The zero-order valence-electron chi connectivity index (χ0n) is 14.3. The van der Waals surface area contributed by atoms with Crippen molar-refractivity contribution < 1.29 is 19.1 Å². The minimum atomic E-state index is -0.520. The molecule has 1 rings (SSSR count). The van der Waals surface area contributed by atoms with Crippen molar-refractivity contribution in [1.29, 1.82) is 0 Å². The van der Waals surface area contributed by atoms with E-state index in [-0.39, 0.29) is 12.1 Å². The summed E-state index contributed by atoms with van der Waals surface area (Å²) in [6.07, 6.45) is 4.76. The third-order valence-corrected chi connectivity index (χ3v) is 3.54. The second kappa shape index (κ2) is 8.86. The smallest absolute Gasteiger partial charge is 0.410 e. The summed E-state index contributed by atoms with van der Waals surface area (Å²) in [4.78, 5) is 25.5. The maximum atomic E-state index is 12.1. The van der Waals surface area contributed by atoms with E-state index < -0.39 is 11.7 Å². The molecule has 128 valence electrons. The largest absolute Gasteiger partial charge is 0.450 e. The van der Waals surface area contributed by atoms with Crippen molar-refractivity contribution in [1.82, 2.24) is 10.2 Å². The number of ether oxygens (including phenoxy) is 2. The van der Waals surface area contributed by atoms with Crippen LogP contribution in [0.3, 0.4) is 0 Å². The van der Waals surface area contributed by atoms with Gasteiger partial charge in [-0.15, -0.1) is 0 Å². The minimum absolute atomic E-state index is 0.216. The van der Waals surface area contributed by atoms with Crippen LogP contribution in [-0.2, 0) is 9.47 Å². The third-order valence-electron chi connectivity index (χ3n) is 3.54. The van der Waals surface area contributed by atoms with Gasteiger partial charge in [0.1, 0.15) is 5.60 Å². The van der Waals surface area contributed by atoms with Crippen LogP contribution in [0.1, 0.15) is 59.8 Å². The van der Waals surface area contributed by atoms with E-state index in [2.05, 4.69) is 5.32 Å². The first-order valence-corrected chi connectivity index (χ1v) is 8.23. The summed E-state index contributed by atoms with van der Waals surface area (Å²) < 4.78 is 10.3. The molecule has 0 saturated heterocycles. The average Bonchev–Trinajstić information content (AvgIpc) is 2.43. The lowest BCUT2D eigenvalue weighted by Crippen LogP contribution is -2.46. The van der Waals surface area contributed by atoms with Crippen molar-refractivity contribution in [3.05, 3.63) is 0 Å². The topological polar surface area (TPSA) is 67.9 Å². The second-order valence-electron chi connectivity index (χ2n) is 6.61. The van der Waals surface area contributed by atoms with E-state index >= 15 is 0 Å². The molecular weight excluding hydrogens is 284 g/mol. The fraction of sp³-hybridized carbons (Fsp3) is 0.875. The van der Waals surface area contributed by atoms with Gasteiger partial charge in [0.2, 0.25) is 0 Å². The number of carbonyl (C=O) groups is 2. The first-order chi connectivity index (χ1) is 10.3. The molecule has 1 aliphatic carbocycles. The fourth-order valence-electron chi connectivity index (χ4n) is 2.61. The van der Waals surface area contributed by atoms with E-state index in [1.54, 1.807) is 11.8 Å². The van der Waals surface area contributed by atoms with Crippen LogP contribution in [0.4, 0.5) is 9.59 Å². The van der Waals surface area contributed by atoms with Gasteiger partial charge in [0.15, 0.2) is 0 Å². The standard InChI is InChI=1S/C16H30N2O4/c1-5-21-15(20)18(13-9-7-6-8-10-13)12-11-17-14(19)22-16(2,3)4/h13H,5-12H2,1-4H3,(H,17,19). The predicted octanol–water partition coefficient (Wildman–Crippen LogP) is 3.30. The molecule has 6 heteroatoms. The van der Waals surface area contributed by atoms with Gasteiger partial charge >= 0.3 is 12.2 Å². The maximum Gasteiger partial charge on any atom is 0.410 e. The molecule has 0 radical (unpaired) electrons. The maximum absolute atomic E-state index is 12.1. The molecular formula is C16H30N2O4. The van der Waals surface area contributed by atoms with Gasteiger partial charge in [0.05, 0.1) is 6.61 Å². The quantitative estimate of drug-likeness (QED) is 0.845. The Morgan fingerprint density at radius 1 is 1.18 bits per heavy atom. The van der Waals surface area contributed by atoms with Crippen LogP contribution in [0, 0.1) is 0 Å². The Morgan fingerprint density at radius 2 is 1.82 bits per heavy atom. The summed E-state index contributed by atoms with van der Waals surface area (Å²) >= 11 is 0. The highest BCUT2D eigenvalue weighted by atomic mass is 16.6. The van der Waals surface area contributed by atoms with Crippen LogP contribution in [0.15, 0.2) is 0 Å². The Morgan fingerprint density at radius 3 is 2.36 bits per heavy atom. The molecule has 0 aromatic rings. The average molecular weight is 314 g/mol. The second-order valence-corrected chi connectivity index (χ2v) is 6.61. The van der Waals surface area contributed by atoms with Crippen LogP contribution >= 0.6 is 0 Å². The van der Waals surface area contributed by atoms with Crippen molar-refractivity contribution in [3.63, 3.8) is 0 Å². The minimum Gasteiger partial charge on any atom is -0.450 e. The van der Waals surface area contributed by atoms with E-state index in [4.69, 9.17) is 9.47 Å². The van der Waals surface area contributed by atoms with E-state index in [9.17, 15) is 9.59 Å². The molecule has 0 unspecified atom stereocenters. The molecule has 6 nitrogen and oxygen atoms in total. The van der Waals surface area contributed by atoms with Crippen molar-refractivity contribution in [2.75, 3.05) is 19.7 Å². The summed E-state index contributed by atoms with van der Waals surface area (Å²) in [5.74, 6) is 0. The predicted molar refractivity (Wildman–Crippen MR) is 84.8 cm³/mol. The molecule has 1 fully saturated rings. The third kappa shape index (κ3) is 7.00. The Hall–Kier alpha value is -1.46. The Labute approximate surface area is 133 Å². The van der Waals surface area contributed by atoms with Crippen molar-refractivity contribution in [2.45, 2.75) is 71.4 Å². The number of hydrogen-bond acceptors (Lipinski definition) is 4. The SMILES string of the molecule is CCOC(=O)N(CCNC(=O)OC(C)(C)C)C1CCCCC1. The van der Waals surface area contributed by atoms with Crippen LogP contribution in [0.25, 0.3) is 0 Å². The zero-order chi connectivity index (χ0) is 16.6. The van der Waals surface area contributed by atoms with Gasteiger partial charge in [-0.25, -0.2) is 9.59 Å². The van der Waals surface area contributed by atoms with Crippen LogP contribution in [0.2, 0.25) is 0 Å². The van der Waals surface area contributed by atoms with Gasteiger partial charge in [-0.2, -0.15) is 0 Å². The van der Waals surface area contributed by atoms with Gasteiger partial charge in [-0.1, -0.05) is 19.3 Å². The fourth-order valence-corrected chi connectivity index (χ4v) is 2.61. The molecule has 0 aromatic heterocycles. The molecule has 0 aliphatic heterocycles. The molecule has 0 aromatic carbocycles. The van der Waals surface area contributed by atoms with Crippen molar-refractivity contribution in [2.24, 2.45) is 0 Å². The van der Waals surface area contributed by atoms with Crippen molar-refractivity contribution >= 4 is 12.2 Å². The molecule has 2 amide bonds. The molecule has 0 atom stereocenters. The molecule has 1 N–H and O–H groups in total. The summed E-state index contributed by atoms with van der Waals surface area (Å²) in [6, 6.07) is 0.216. The molecule has 1 saturated carbocycles. The molecule has 0 bridgehead atoms. The van der Waals surface area contributed by atoms with E-state index in [0.29, 0.717) is 19.7 Å². The highest BCUT2D eigenvalue weighted by molar-refractivity contribution is 5.69. The van der Waals surface area contributed by atoms with Crippen molar-refractivity contribution in [3.8, 4) is 0 Å². The number of hydrogen-bond donors (Lipinski definition) is 1. The molecule has 0 spiro atoms. The first kappa shape index (κ1) is 18.6. The number of alkyl carbamates (subject to hydrolysis) is 1. The molecule has 1 aliphatic rings. The van der Waals surface area contributed by atoms with E-state index in [1.807, 2.05) is 20.8 Å². The summed E-state index contributed by atoms with van der Waals surface area (Å²) in [5, 5.41) is 2.70. The Kier molecular flexibility index (Phi) is 7.48. The van der Waals surface area contributed by atoms with Crippen LogP contribution in [-0.4, -0.2) is 48.4 Å². The number of nitrogens with zero attached hydrogens (tertiary/aromatic N) is 1. The number of nitrogens with one attached hydrogen (secondary N) is 1. The lowest BCUT2D eigenvalue weighted by Gasteiger charge is -2.33. The normalized spacial score (nSPS) is 16.0. The van der Waals surface area contributed by atoms with Gasteiger partial charge in [-0.3, -0.25) is 0 Å². The highest BCUT2D eigenvalue weighted by Crippen LogP contribution is 2.23. The van der Waals surface area contributed by atoms with Gasteiger partial charge in [0.25, 0.3) is 0 Å². The summed E-state index contributed by atoms with van der Waals surface area (Å²) in [5.41, 5.74) is -0.520. The summed E-state index contributed by atoms with van der Waals surface area (Å²) in [6.45, 7) is 8.43. The number of rotatable bonds is 5. The molecule has 0 heterocycles. The molecule has 22 heavy (non-hydrogen) atoms. The van der Waals surface area contributed by atoms with Gasteiger partial charge in [-0.05, 0) is 40.5 Å². The Balaban J connectivity index is 2.46.